The van der Waals surface area contributed by atoms with Gasteiger partial charge in [-0.15, -0.1) is 11.3 Å². The van der Waals surface area contributed by atoms with Crippen LogP contribution in [-0.2, 0) is 12.8 Å². The highest BCUT2D eigenvalue weighted by atomic mass is 32.1. The summed E-state index contributed by atoms with van der Waals surface area (Å²) in [6.07, 6.45) is 3.48. The lowest BCUT2D eigenvalue weighted by Crippen LogP contribution is -2.10. The molecular weight excluding hydrogens is 266 g/mol. The van der Waals surface area contributed by atoms with Crippen molar-refractivity contribution in [3.63, 3.8) is 0 Å². The Bertz CT molecular complexity index is 627. The Labute approximate surface area is 123 Å². The molecule has 1 amide bonds. The predicted molar refractivity (Wildman–Crippen MR) is 84.6 cm³/mol. The summed E-state index contributed by atoms with van der Waals surface area (Å²) in [5.41, 5.74) is 3.44. The number of hydrogen-bond acceptors (Lipinski definition) is 2. The minimum absolute atomic E-state index is 0.0147. The van der Waals surface area contributed by atoms with Crippen LogP contribution in [0.5, 0.6) is 0 Å². The number of amides is 1. The number of thiophene rings is 1. The fourth-order valence-electron chi connectivity index (χ4n) is 2.65. The summed E-state index contributed by atoms with van der Waals surface area (Å²) in [7, 11) is 0. The van der Waals surface area contributed by atoms with E-state index in [1.54, 1.807) is 11.3 Å². The molecule has 1 aromatic heterocycles. The number of anilines is 1. The first-order chi connectivity index (χ1) is 9.61. The number of benzene rings is 1. The van der Waals surface area contributed by atoms with Crippen molar-refractivity contribution >= 4 is 22.9 Å². The van der Waals surface area contributed by atoms with Gasteiger partial charge in [-0.2, -0.15) is 0 Å². The highest BCUT2D eigenvalue weighted by Crippen LogP contribution is 2.32. The number of aryl methyl sites for hydroxylation is 2. The van der Waals surface area contributed by atoms with Crippen molar-refractivity contribution in [2.75, 3.05) is 5.32 Å². The molecule has 3 heteroatoms. The molecule has 3 rings (SSSR count). The van der Waals surface area contributed by atoms with Crippen molar-refractivity contribution in [2.24, 2.45) is 5.92 Å². The van der Waals surface area contributed by atoms with Gasteiger partial charge in [0.05, 0.1) is 4.88 Å². The highest BCUT2D eigenvalue weighted by molar-refractivity contribution is 7.14. The first-order valence-corrected chi connectivity index (χ1v) is 7.93. The van der Waals surface area contributed by atoms with Crippen LogP contribution in [0.25, 0.3) is 0 Å². The number of hydrogen-bond donors (Lipinski definition) is 1. The van der Waals surface area contributed by atoms with Crippen molar-refractivity contribution in [3.05, 3.63) is 51.2 Å². The predicted octanol–water partition coefficient (Wildman–Crippen LogP) is 4.43. The molecule has 0 radical (unpaired) electrons. The molecule has 1 N–H and O–H groups in total. The maximum absolute atomic E-state index is 12.3. The molecule has 20 heavy (non-hydrogen) atoms. The molecule has 1 aromatic carbocycles. The summed E-state index contributed by atoms with van der Waals surface area (Å²) in [6, 6.07) is 10.00. The third-order valence-electron chi connectivity index (χ3n) is 3.86. The van der Waals surface area contributed by atoms with Crippen molar-refractivity contribution in [2.45, 2.75) is 33.1 Å². The van der Waals surface area contributed by atoms with Gasteiger partial charge in [0.25, 0.3) is 5.91 Å². The van der Waals surface area contributed by atoms with Crippen molar-refractivity contribution in [3.8, 4) is 0 Å². The van der Waals surface area contributed by atoms with Crippen LogP contribution >= 0.6 is 11.3 Å². The lowest BCUT2D eigenvalue weighted by atomic mass is 9.90. The Balaban J connectivity index is 1.76. The van der Waals surface area contributed by atoms with Gasteiger partial charge in [0.2, 0.25) is 0 Å². The number of nitrogens with one attached hydrogen (secondary N) is 1. The molecule has 0 bridgehead atoms. The molecular formula is C17H19NOS. The van der Waals surface area contributed by atoms with Gasteiger partial charge in [-0.1, -0.05) is 24.6 Å². The Morgan fingerprint density at radius 3 is 2.80 bits per heavy atom. The maximum atomic E-state index is 12.3. The van der Waals surface area contributed by atoms with E-state index in [-0.39, 0.29) is 5.91 Å². The van der Waals surface area contributed by atoms with Gasteiger partial charge in [0.15, 0.2) is 0 Å². The molecule has 0 unspecified atom stereocenters. The molecule has 1 aliphatic carbocycles. The molecule has 104 valence electrons. The molecule has 0 spiro atoms. The van der Waals surface area contributed by atoms with Crippen LogP contribution in [0, 0.1) is 12.8 Å². The van der Waals surface area contributed by atoms with E-state index in [4.69, 9.17) is 0 Å². The summed E-state index contributed by atoms with van der Waals surface area (Å²) in [6.45, 7) is 4.33. The first kappa shape index (κ1) is 13.4. The smallest absolute Gasteiger partial charge is 0.265 e. The molecule has 0 fully saturated rings. The Morgan fingerprint density at radius 1 is 1.30 bits per heavy atom. The standard InChI is InChI=1S/C17H19NOS/c1-11-3-6-14(7-4-11)18-17(19)16-10-13-9-12(2)5-8-15(13)20-16/h3-4,6-7,10,12H,5,8-9H2,1-2H3,(H,18,19)/t12-/m1/s1. The Kier molecular flexibility index (Phi) is 3.62. The number of carbonyl (C=O) groups is 1. The van der Waals surface area contributed by atoms with Crippen LogP contribution in [0.4, 0.5) is 5.69 Å². The second kappa shape index (κ2) is 5.41. The second-order valence-electron chi connectivity index (χ2n) is 5.73. The van der Waals surface area contributed by atoms with Crippen LogP contribution in [0.1, 0.15) is 39.0 Å². The fraction of sp³-hybridized carbons (Fsp3) is 0.353. The van der Waals surface area contributed by atoms with E-state index in [0.29, 0.717) is 0 Å². The van der Waals surface area contributed by atoms with Crippen LogP contribution in [0.15, 0.2) is 30.3 Å². The van der Waals surface area contributed by atoms with Crippen molar-refractivity contribution < 1.29 is 4.79 Å². The third-order valence-corrected chi connectivity index (χ3v) is 5.10. The molecule has 0 saturated heterocycles. The van der Waals surface area contributed by atoms with Gasteiger partial charge < -0.3 is 5.32 Å². The van der Waals surface area contributed by atoms with Crippen molar-refractivity contribution in [1.29, 1.82) is 0 Å². The molecule has 0 saturated carbocycles. The number of rotatable bonds is 2. The van der Waals surface area contributed by atoms with E-state index in [2.05, 4.69) is 18.3 Å². The van der Waals surface area contributed by atoms with Gasteiger partial charge in [0.1, 0.15) is 0 Å². The molecule has 1 aliphatic rings. The molecule has 1 heterocycles. The van der Waals surface area contributed by atoms with E-state index in [0.717, 1.165) is 29.3 Å². The Morgan fingerprint density at radius 2 is 2.05 bits per heavy atom. The van der Waals surface area contributed by atoms with E-state index in [1.165, 1.54) is 22.4 Å². The summed E-state index contributed by atoms with van der Waals surface area (Å²) in [5, 5.41) is 2.98. The van der Waals surface area contributed by atoms with Gasteiger partial charge in [-0.3, -0.25) is 4.79 Å². The van der Waals surface area contributed by atoms with E-state index >= 15 is 0 Å². The summed E-state index contributed by atoms with van der Waals surface area (Å²) in [4.78, 5) is 14.5. The molecule has 2 nitrogen and oxygen atoms in total. The highest BCUT2D eigenvalue weighted by Gasteiger charge is 2.20. The lowest BCUT2D eigenvalue weighted by molar-refractivity contribution is 0.103. The summed E-state index contributed by atoms with van der Waals surface area (Å²) in [5.74, 6) is 0.756. The first-order valence-electron chi connectivity index (χ1n) is 7.11. The zero-order chi connectivity index (χ0) is 14.1. The minimum Gasteiger partial charge on any atom is -0.321 e. The van der Waals surface area contributed by atoms with Crippen LogP contribution < -0.4 is 5.32 Å². The van der Waals surface area contributed by atoms with E-state index in [1.807, 2.05) is 31.2 Å². The normalized spacial score (nSPS) is 17.6. The monoisotopic (exact) mass is 285 g/mol. The van der Waals surface area contributed by atoms with Crippen LogP contribution in [-0.4, -0.2) is 5.91 Å². The Hall–Kier alpha value is -1.61. The zero-order valence-electron chi connectivity index (χ0n) is 11.9. The van der Waals surface area contributed by atoms with Gasteiger partial charge in [-0.25, -0.2) is 0 Å². The molecule has 2 aromatic rings. The SMILES string of the molecule is Cc1ccc(NC(=O)c2cc3c(s2)CC[C@@H](C)C3)cc1. The zero-order valence-corrected chi connectivity index (χ0v) is 12.7. The fourth-order valence-corrected chi connectivity index (χ4v) is 3.75. The average Bonchev–Trinajstić information content (AvgIpc) is 2.84. The largest absolute Gasteiger partial charge is 0.321 e. The van der Waals surface area contributed by atoms with Crippen molar-refractivity contribution in [1.82, 2.24) is 0 Å². The average molecular weight is 285 g/mol. The number of carbonyl (C=O) groups excluding carboxylic acids is 1. The van der Waals surface area contributed by atoms with Crippen LogP contribution in [0.3, 0.4) is 0 Å². The molecule has 1 atom stereocenters. The quantitative estimate of drug-likeness (QED) is 0.868. The summed E-state index contributed by atoms with van der Waals surface area (Å²) < 4.78 is 0. The summed E-state index contributed by atoms with van der Waals surface area (Å²) >= 11 is 1.66. The van der Waals surface area contributed by atoms with Gasteiger partial charge in [-0.05, 0) is 55.9 Å². The third kappa shape index (κ3) is 2.78. The topological polar surface area (TPSA) is 29.1 Å². The maximum Gasteiger partial charge on any atom is 0.265 e. The minimum atomic E-state index is 0.0147. The number of fused-ring (bicyclic) bond motifs is 1. The van der Waals surface area contributed by atoms with Gasteiger partial charge in [0, 0.05) is 10.6 Å². The lowest BCUT2D eigenvalue weighted by Gasteiger charge is -2.16. The molecule has 0 aliphatic heterocycles. The van der Waals surface area contributed by atoms with Gasteiger partial charge >= 0.3 is 0 Å². The van der Waals surface area contributed by atoms with Crippen LogP contribution in [0.2, 0.25) is 0 Å². The van der Waals surface area contributed by atoms with E-state index in [9.17, 15) is 4.79 Å². The van der Waals surface area contributed by atoms with E-state index < -0.39 is 0 Å². The second-order valence-corrected chi connectivity index (χ2v) is 6.86.